The summed E-state index contributed by atoms with van der Waals surface area (Å²) < 4.78 is 5.54. The summed E-state index contributed by atoms with van der Waals surface area (Å²) in [6.45, 7) is 5.07. The number of unbranched alkanes of at least 4 members (excludes halogenated alkanes) is 4. The summed E-state index contributed by atoms with van der Waals surface area (Å²) in [5.41, 5.74) is 1.20. The van der Waals surface area contributed by atoms with E-state index in [0.717, 1.165) is 6.42 Å². The summed E-state index contributed by atoms with van der Waals surface area (Å²) in [6.07, 6.45) is 11.3. The van der Waals surface area contributed by atoms with Gasteiger partial charge in [0.1, 0.15) is 0 Å². The van der Waals surface area contributed by atoms with Crippen molar-refractivity contribution in [1.29, 1.82) is 0 Å². The number of benzene rings is 1. The SMILES string of the molecule is CCCCCCC(CCCC)COC(=O)CCc1ccccc1. The third-order valence-corrected chi connectivity index (χ3v) is 4.37. The Bertz CT molecular complexity index is 400. The van der Waals surface area contributed by atoms with E-state index in [1.807, 2.05) is 18.2 Å². The van der Waals surface area contributed by atoms with Crippen LogP contribution in [0, 0.1) is 5.92 Å². The molecule has 1 rings (SSSR count). The van der Waals surface area contributed by atoms with Crippen LogP contribution in [0.1, 0.15) is 77.2 Å². The molecule has 2 heteroatoms. The number of ether oxygens (including phenoxy) is 1. The first kappa shape index (κ1) is 19.7. The number of esters is 1. The Morgan fingerprint density at radius 1 is 0.957 bits per heavy atom. The fraction of sp³-hybridized carbons (Fsp3) is 0.667. The third kappa shape index (κ3) is 10.1. The third-order valence-electron chi connectivity index (χ3n) is 4.37. The minimum Gasteiger partial charge on any atom is -0.465 e. The fourth-order valence-corrected chi connectivity index (χ4v) is 2.84. The van der Waals surface area contributed by atoms with Gasteiger partial charge in [-0.1, -0.05) is 82.7 Å². The number of hydrogen-bond donors (Lipinski definition) is 0. The summed E-state index contributed by atoms with van der Waals surface area (Å²) in [4.78, 5) is 11.9. The quantitative estimate of drug-likeness (QED) is 0.332. The second kappa shape index (κ2) is 13.2. The Balaban J connectivity index is 2.24. The van der Waals surface area contributed by atoms with Crippen LogP contribution in [0.15, 0.2) is 30.3 Å². The highest BCUT2D eigenvalue weighted by Crippen LogP contribution is 2.18. The van der Waals surface area contributed by atoms with Crippen LogP contribution in [0.2, 0.25) is 0 Å². The molecule has 0 aliphatic carbocycles. The van der Waals surface area contributed by atoms with E-state index in [4.69, 9.17) is 4.74 Å². The summed E-state index contributed by atoms with van der Waals surface area (Å²) in [5, 5.41) is 0. The van der Waals surface area contributed by atoms with E-state index in [9.17, 15) is 4.79 Å². The highest BCUT2D eigenvalue weighted by atomic mass is 16.5. The van der Waals surface area contributed by atoms with Gasteiger partial charge >= 0.3 is 5.97 Å². The van der Waals surface area contributed by atoms with Crippen molar-refractivity contribution in [2.24, 2.45) is 5.92 Å². The molecule has 130 valence electrons. The molecule has 0 heterocycles. The molecular weight excluding hydrogens is 284 g/mol. The highest BCUT2D eigenvalue weighted by molar-refractivity contribution is 5.69. The molecule has 0 fully saturated rings. The van der Waals surface area contributed by atoms with Crippen molar-refractivity contribution in [2.45, 2.75) is 78.1 Å². The van der Waals surface area contributed by atoms with E-state index in [-0.39, 0.29) is 5.97 Å². The van der Waals surface area contributed by atoms with Gasteiger partial charge in [-0.05, 0) is 30.7 Å². The first-order valence-corrected chi connectivity index (χ1v) is 9.45. The molecule has 2 nitrogen and oxygen atoms in total. The van der Waals surface area contributed by atoms with Crippen molar-refractivity contribution in [1.82, 2.24) is 0 Å². The Hall–Kier alpha value is -1.31. The van der Waals surface area contributed by atoms with Crippen molar-refractivity contribution in [3.8, 4) is 0 Å². The van der Waals surface area contributed by atoms with E-state index >= 15 is 0 Å². The van der Waals surface area contributed by atoms with E-state index in [1.165, 1.54) is 56.9 Å². The molecule has 0 N–H and O–H groups in total. The maximum absolute atomic E-state index is 11.9. The minimum atomic E-state index is -0.0519. The van der Waals surface area contributed by atoms with Gasteiger partial charge in [-0.3, -0.25) is 4.79 Å². The molecule has 1 unspecified atom stereocenters. The second-order valence-corrected chi connectivity index (χ2v) is 6.53. The van der Waals surface area contributed by atoms with E-state index in [2.05, 4.69) is 26.0 Å². The summed E-state index contributed by atoms with van der Waals surface area (Å²) in [5.74, 6) is 0.497. The van der Waals surface area contributed by atoms with Crippen LogP contribution in [0.4, 0.5) is 0 Å². The zero-order valence-corrected chi connectivity index (χ0v) is 15.1. The Kier molecular flexibility index (Phi) is 11.3. The average Bonchev–Trinajstić information content (AvgIpc) is 2.59. The Labute approximate surface area is 142 Å². The fourth-order valence-electron chi connectivity index (χ4n) is 2.84. The van der Waals surface area contributed by atoms with Crippen LogP contribution in [-0.2, 0) is 16.0 Å². The molecule has 1 atom stereocenters. The van der Waals surface area contributed by atoms with Crippen molar-refractivity contribution in [3.63, 3.8) is 0 Å². The number of rotatable bonds is 13. The smallest absolute Gasteiger partial charge is 0.306 e. The molecule has 0 aromatic heterocycles. The highest BCUT2D eigenvalue weighted by Gasteiger charge is 2.12. The number of carbonyl (C=O) groups excluding carboxylic acids is 1. The summed E-state index contributed by atoms with van der Waals surface area (Å²) >= 11 is 0. The lowest BCUT2D eigenvalue weighted by molar-refractivity contribution is -0.145. The van der Waals surface area contributed by atoms with Gasteiger partial charge < -0.3 is 4.74 Å². The topological polar surface area (TPSA) is 26.3 Å². The molecule has 0 aliphatic heterocycles. The van der Waals surface area contributed by atoms with E-state index in [1.54, 1.807) is 0 Å². The van der Waals surface area contributed by atoms with Gasteiger partial charge in [0, 0.05) is 6.42 Å². The predicted octanol–water partition coefficient (Wildman–Crippen LogP) is 5.94. The van der Waals surface area contributed by atoms with Gasteiger partial charge in [0.05, 0.1) is 6.61 Å². The standard InChI is InChI=1S/C21H34O2/c1-3-5-7-9-15-20(12-6-4-2)18-23-21(22)17-16-19-13-10-8-11-14-19/h8,10-11,13-14,20H,3-7,9,12,15-18H2,1-2H3. The molecule has 1 aromatic rings. The second-order valence-electron chi connectivity index (χ2n) is 6.53. The first-order chi connectivity index (χ1) is 11.3. The molecule has 0 aliphatic rings. The van der Waals surface area contributed by atoms with Gasteiger partial charge in [0.15, 0.2) is 0 Å². The lowest BCUT2D eigenvalue weighted by Crippen LogP contribution is -2.15. The summed E-state index contributed by atoms with van der Waals surface area (Å²) in [6, 6.07) is 10.1. The molecule has 0 saturated heterocycles. The molecule has 0 bridgehead atoms. The number of carbonyl (C=O) groups is 1. The predicted molar refractivity (Wildman–Crippen MR) is 97.5 cm³/mol. The van der Waals surface area contributed by atoms with Crippen LogP contribution >= 0.6 is 0 Å². The maximum atomic E-state index is 11.9. The number of aryl methyl sites for hydroxylation is 1. The van der Waals surface area contributed by atoms with Crippen molar-refractivity contribution < 1.29 is 9.53 Å². The molecule has 0 saturated carbocycles. The van der Waals surface area contributed by atoms with Crippen molar-refractivity contribution in [2.75, 3.05) is 6.61 Å². The van der Waals surface area contributed by atoms with Gasteiger partial charge in [-0.25, -0.2) is 0 Å². The molecular formula is C21H34O2. The average molecular weight is 319 g/mol. The number of hydrogen-bond acceptors (Lipinski definition) is 2. The molecule has 0 amide bonds. The van der Waals surface area contributed by atoms with Gasteiger partial charge in [0.25, 0.3) is 0 Å². The lowest BCUT2D eigenvalue weighted by Gasteiger charge is -2.16. The Morgan fingerprint density at radius 3 is 2.35 bits per heavy atom. The lowest BCUT2D eigenvalue weighted by atomic mass is 9.96. The molecule has 0 spiro atoms. The monoisotopic (exact) mass is 318 g/mol. The maximum Gasteiger partial charge on any atom is 0.306 e. The van der Waals surface area contributed by atoms with Crippen LogP contribution < -0.4 is 0 Å². The van der Waals surface area contributed by atoms with Gasteiger partial charge in [-0.2, -0.15) is 0 Å². The van der Waals surface area contributed by atoms with E-state index < -0.39 is 0 Å². The molecule has 23 heavy (non-hydrogen) atoms. The Morgan fingerprint density at radius 2 is 1.65 bits per heavy atom. The summed E-state index contributed by atoms with van der Waals surface area (Å²) in [7, 11) is 0. The van der Waals surface area contributed by atoms with Crippen LogP contribution in [0.25, 0.3) is 0 Å². The zero-order chi connectivity index (χ0) is 16.8. The van der Waals surface area contributed by atoms with Crippen LogP contribution in [0.3, 0.4) is 0 Å². The van der Waals surface area contributed by atoms with Crippen molar-refractivity contribution >= 4 is 5.97 Å². The van der Waals surface area contributed by atoms with Crippen LogP contribution in [-0.4, -0.2) is 12.6 Å². The zero-order valence-electron chi connectivity index (χ0n) is 15.1. The van der Waals surface area contributed by atoms with Crippen molar-refractivity contribution in [3.05, 3.63) is 35.9 Å². The van der Waals surface area contributed by atoms with Gasteiger partial charge in [-0.15, -0.1) is 0 Å². The van der Waals surface area contributed by atoms with Gasteiger partial charge in [0.2, 0.25) is 0 Å². The first-order valence-electron chi connectivity index (χ1n) is 9.45. The minimum absolute atomic E-state index is 0.0519. The molecule has 0 radical (unpaired) electrons. The normalized spacial score (nSPS) is 12.1. The molecule has 1 aromatic carbocycles. The largest absolute Gasteiger partial charge is 0.465 e. The van der Waals surface area contributed by atoms with Crippen LogP contribution in [0.5, 0.6) is 0 Å². The van der Waals surface area contributed by atoms with E-state index in [0.29, 0.717) is 18.9 Å².